The Morgan fingerprint density at radius 3 is 2.85 bits per heavy atom. The number of hydrogen-bond acceptors (Lipinski definition) is 1. The van der Waals surface area contributed by atoms with Gasteiger partial charge in [-0.15, -0.1) is 0 Å². The van der Waals surface area contributed by atoms with Gasteiger partial charge in [-0.1, -0.05) is 18.7 Å². The zero-order valence-corrected chi connectivity index (χ0v) is 8.54. The van der Waals surface area contributed by atoms with Crippen LogP contribution in [0.4, 0.5) is 0 Å². The minimum atomic E-state index is 0.882. The van der Waals surface area contributed by atoms with Crippen molar-refractivity contribution in [3.63, 3.8) is 0 Å². The summed E-state index contributed by atoms with van der Waals surface area (Å²) in [6.07, 6.45) is 6.81. The van der Waals surface area contributed by atoms with Gasteiger partial charge in [0.05, 0.1) is 6.20 Å². The lowest BCUT2D eigenvalue weighted by Crippen LogP contribution is -2.00. The molecular formula is C11H16N2. The van der Waals surface area contributed by atoms with Crippen molar-refractivity contribution in [3.05, 3.63) is 41.8 Å². The van der Waals surface area contributed by atoms with E-state index in [1.807, 2.05) is 37.0 Å². The molecule has 0 fully saturated rings. The Hall–Kier alpha value is -1.31. The van der Waals surface area contributed by atoms with Crippen LogP contribution in [-0.4, -0.2) is 9.78 Å². The number of rotatable bonds is 3. The van der Waals surface area contributed by atoms with Gasteiger partial charge in [0, 0.05) is 19.2 Å². The van der Waals surface area contributed by atoms with E-state index in [1.165, 1.54) is 11.3 Å². The monoisotopic (exact) mass is 176 g/mol. The molecule has 0 saturated carbocycles. The molecule has 0 aromatic carbocycles. The highest BCUT2D eigenvalue weighted by molar-refractivity contribution is 5.26. The third-order valence-corrected chi connectivity index (χ3v) is 2.07. The van der Waals surface area contributed by atoms with Crippen LogP contribution in [0.15, 0.2) is 30.5 Å². The molecule has 70 valence electrons. The van der Waals surface area contributed by atoms with E-state index >= 15 is 0 Å². The highest BCUT2D eigenvalue weighted by atomic mass is 15.3. The van der Waals surface area contributed by atoms with Crippen LogP contribution in [-0.2, 0) is 13.5 Å². The summed E-state index contributed by atoms with van der Waals surface area (Å²) in [7, 11) is 1.96. The summed E-state index contributed by atoms with van der Waals surface area (Å²) in [5, 5.41) is 4.18. The molecule has 0 aliphatic rings. The quantitative estimate of drug-likeness (QED) is 0.647. The molecule has 0 saturated heterocycles. The Bertz CT molecular complexity index is 312. The summed E-state index contributed by atoms with van der Waals surface area (Å²) in [6.45, 7) is 8.05. The lowest BCUT2D eigenvalue weighted by molar-refractivity contribution is 0.723. The molecular weight excluding hydrogens is 160 g/mol. The van der Waals surface area contributed by atoms with Crippen LogP contribution in [0.2, 0.25) is 0 Å². The van der Waals surface area contributed by atoms with Gasteiger partial charge in [0.25, 0.3) is 0 Å². The van der Waals surface area contributed by atoms with Crippen molar-refractivity contribution in [1.29, 1.82) is 0 Å². The highest BCUT2D eigenvalue weighted by Crippen LogP contribution is 2.11. The van der Waals surface area contributed by atoms with Crippen molar-refractivity contribution in [1.82, 2.24) is 9.78 Å². The van der Waals surface area contributed by atoms with Crippen LogP contribution in [0.1, 0.15) is 18.2 Å². The first-order valence-electron chi connectivity index (χ1n) is 4.43. The third kappa shape index (κ3) is 2.31. The van der Waals surface area contributed by atoms with Gasteiger partial charge >= 0.3 is 0 Å². The second kappa shape index (κ2) is 4.08. The summed E-state index contributed by atoms with van der Waals surface area (Å²) in [5.74, 6) is 0. The fourth-order valence-corrected chi connectivity index (χ4v) is 1.34. The molecule has 0 radical (unpaired) electrons. The van der Waals surface area contributed by atoms with Gasteiger partial charge in [-0.3, -0.25) is 4.68 Å². The molecule has 1 aromatic rings. The minimum Gasteiger partial charge on any atom is -0.272 e. The van der Waals surface area contributed by atoms with Gasteiger partial charge in [-0.05, 0) is 25.0 Å². The number of allylic oxidation sites excluding steroid dienone is 3. The standard InChI is InChI=1S/C11H16N2/c1-5-6-9(2)7-11-10(3)8-12-13(11)4/h5-6,8H,2,7H2,1,3-4H3/b6-5-. The first kappa shape index (κ1) is 9.78. The smallest absolute Gasteiger partial charge is 0.0521 e. The Morgan fingerprint density at radius 1 is 1.69 bits per heavy atom. The molecule has 0 unspecified atom stereocenters. The molecule has 1 rings (SSSR count). The number of hydrogen-bond donors (Lipinski definition) is 0. The summed E-state index contributed by atoms with van der Waals surface area (Å²) in [5.41, 5.74) is 3.59. The molecule has 0 bridgehead atoms. The van der Waals surface area contributed by atoms with E-state index in [4.69, 9.17) is 0 Å². The van der Waals surface area contributed by atoms with E-state index in [1.54, 1.807) is 0 Å². The van der Waals surface area contributed by atoms with Crippen LogP contribution in [0.5, 0.6) is 0 Å². The first-order chi connectivity index (χ1) is 6.15. The predicted molar refractivity (Wildman–Crippen MR) is 55.6 cm³/mol. The molecule has 0 N–H and O–H groups in total. The van der Waals surface area contributed by atoms with Gasteiger partial charge in [-0.25, -0.2) is 0 Å². The lowest BCUT2D eigenvalue weighted by atomic mass is 10.1. The average molecular weight is 176 g/mol. The molecule has 0 spiro atoms. The zero-order chi connectivity index (χ0) is 9.84. The van der Waals surface area contributed by atoms with E-state index < -0.39 is 0 Å². The van der Waals surface area contributed by atoms with Gasteiger partial charge in [0.2, 0.25) is 0 Å². The van der Waals surface area contributed by atoms with E-state index in [0.29, 0.717) is 0 Å². The molecule has 2 nitrogen and oxygen atoms in total. The number of nitrogens with zero attached hydrogens (tertiary/aromatic N) is 2. The molecule has 1 aromatic heterocycles. The van der Waals surface area contributed by atoms with Gasteiger partial charge in [-0.2, -0.15) is 5.10 Å². The second-order valence-electron chi connectivity index (χ2n) is 3.23. The largest absolute Gasteiger partial charge is 0.272 e. The van der Waals surface area contributed by atoms with Crippen molar-refractivity contribution >= 4 is 0 Å². The van der Waals surface area contributed by atoms with Gasteiger partial charge < -0.3 is 0 Å². The third-order valence-electron chi connectivity index (χ3n) is 2.07. The Morgan fingerprint density at radius 2 is 2.38 bits per heavy atom. The van der Waals surface area contributed by atoms with E-state index in [9.17, 15) is 0 Å². The number of aryl methyl sites for hydroxylation is 2. The van der Waals surface area contributed by atoms with E-state index in [2.05, 4.69) is 18.6 Å². The molecule has 0 aliphatic carbocycles. The first-order valence-corrected chi connectivity index (χ1v) is 4.43. The van der Waals surface area contributed by atoms with Crippen molar-refractivity contribution < 1.29 is 0 Å². The summed E-state index contributed by atoms with van der Waals surface area (Å²) in [6, 6.07) is 0. The van der Waals surface area contributed by atoms with Crippen molar-refractivity contribution in [2.75, 3.05) is 0 Å². The molecule has 0 amide bonds. The Balaban J connectivity index is 2.79. The second-order valence-corrected chi connectivity index (χ2v) is 3.23. The van der Waals surface area contributed by atoms with E-state index in [0.717, 1.165) is 12.0 Å². The van der Waals surface area contributed by atoms with Crippen LogP contribution in [0, 0.1) is 6.92 Å². The normalized spacial score (nSPS) is 11.0. The summed E-state index contributed by atoms with van der Waals surface area (Å²) >= 11 is 0. The molecule has 0 atom stereocenters. The summed E-state index contributed by atoms with van der Waals surface area (Å²) < 4.78 is 1.91. The molecule has 13 heavy (non-hydrogen) atoms. The zero-order valence-electron chi connectivity index (χ0n) is 8.54. The number of aromatic nitrogens is 2. The maximum atomic E-state index is 4.18. The van der Waals surface area contributed by atoms with Crippen molar-refractivity contribution in [3.8, 4) is 0 Å². The van der Waals surface area contributed by atoms with Crippen LogP contribution < -0.4 is 0 Å². The van der Waals surface area contributed by atoms with Crippen molar-refractivity contribution in [2.45, 2.75) is 20.3 Å². The Labute approximate surface area is 79.6 Å². The molecule has 0 aliphatic heterocycles. The van der Waals surface area contributed by atoms with Gasteiger partial charge in [0.15, 0.2) is 0 Å². The molecule has 1 heterocycles. The SMILES string of the molecule is C=C(/C=C\C)Cc1c(C)cnn1C. The molecule has 2 heteroatoms. The van der Waals surface area contributed by atoms with Crippen LogP contribution in [0.3, 0.4) is 0 Å². The lowest BCUT2D eigenvalue weighted by Gasteiger charge is -2.03. The van der Waals surface area contributed by atoms with Gasteiger partial charge in [0.1, 0.15) is 0 Å². The van der Waals surface area contributed by atoms with E-state index in [-0.39, 0.29) is 0 Å². The summed E-state index contributed by atoms with van der Waals surface area (Å²) in [4.78, 5) is 0. The fraction of sp³-hybridized carbons (Fsp3) is 0.364. The maximum absolute atomic E-state index is 4.18. The average Bonchev–Trinajstić information content (AvgIpc) is 2.36. The van der Waals surface area contributed by atoms with Crippen LogP contribution >= 0.6 is 0 Å². The fourth-order valence-electron chi connectivity index (χ4n) is 1.34. The maximum Gasteiger partial charge on any atom is 0.0521 e. The van der Waals surface area contributed by atoms with Crippen LogP contribution in [0.25, 0.3) is 0 Å². The van der Waals surface area contributed by atoms with Crippen molar-refractivity contribution in [2.24, 2.45) is 7.05 Å². The predicted octanol–water partition coefficient (Wildman–Crippen LogP) is 2.40. The topological polar surface area (TPSA) is 17.8 Å². The highest BCUT2D eigenvalue weighted by Gasteiger charge is 2.03. The minimum absolute atomic E-state index is 0.882. The Kier molecular flexibility index (Phi) is 3.07.